The molecule has 0 radical (unpaired) electrons. The van der Waals surface area contributed by atoms with Crippen LogP contribution < -0.4 is 23.5 Å². The van der Waals surface area contributed by atoms with Gasteiger partial charge in [0.15, 0.2) is 42.3 Å². The van der Waals surface area contributed by atoms with Crippen molar-refractivity contribution >= 4 is 16.7 Å². The normalized spacial score (nSPS) is 12.0. The number of aryl methyl sites for hydroxylation is 2. The van der Waals surface area contributed by atoms with Crippen LogP contribution in [-0.2, 0) is 22.5 Å². The highest BCUT2D eigenvalue weighted by molar-refractivity contribution is 5.91. The molecule has 7 nitrogen and oxygen atoms in total. The van der Waals surface area contributed by atoms with Gasteiger partial charge in [-0.25, -0.2) is 4.79 Å². The highest BCUT2D eigenvalue weighted by atomic mass is 16.6. The van der Waals surface area contributed by atoms with Gasteiger partial charge >= 0.3 is 5.97 Å². The molecule has 4 rings (SSSR count). The average Bonchev–Trinajstić information content (AvgIpc) is 2.80. The molecule has 7 heteroatoms. The minimum absolute atomic E-state index is 0.169. The molecule has 3 aromatic rings. The SMILES string of the molecule is CCOC(=O)COc1cc2c(cc1OC)CC[n+]1cc3c(OC)c(OC)ccc3cc1-2. The fraction of sp³-hybridized carbons (Fsp3) is 0.333. The predicted molar refractivity (Wildman–Crippen MR) is 115 cm³/mol. The minimum Gasteiger partial charge on any atom is -0.493 e. The smallest absolute Gasteiger partial charge is 0.344 e. The Morgan fingerprint density at radius 2 is 1.81 bits per heavy atom. The summed E-state index contributed by atoms with van der Waals surface area (Å²) in [5.74, 6) is 2.11. The number of carbonyl (C=O) groups is 1. The van der Waals surface area contributed by atoms with Gasteiger partial charge in [-0.3, -0.25) is 0 Å². The molecule has 0 bridgehead atoms. The quantitative estimate of drug-likeness (QED) is 0.428. The summed E-state index contributed by atoms with van der Waals surface area (Å²) in [6, 6.07) is 9.98. The first-order valence-electron chi connectivity index (χ1n) is 10.2. The van der Waals surface area contributed by atoms with E-state index in [0.717, 1.165) is 35.0 Å². The summed E-state index contributed by atoms with van der Waals surface area (Å²) >= 11 is 0. The summed E-state index contributed by atoms with van der Waals surface area (Å²) in [5.41, 5.74) is 3.27. The second kappa shape index (κ2) is 8.71. The molecule has 162 valence electrons. The minimum atomic E-state index is -0.413. The Balaban J connectivity index is 1.79. The number of hydrogen-bond acceptors (Lipinski definition) is 6. The summed E-state index contributed by atoms with van der Waals surface area (Å²) in [6.07, 6.45) is 2.94. The third-order valence-electron chi connectivity index (χ3n) is 5.44. The van der Waals surface area contributed by atoms with Crippen molar-refractivity contribution in [3.63, 3.8) is 0 Å². The topological polar surface area (TPSA) is 67.1 Å². The number of aromatic nitrogens is 1. The van der Waals surface area contributed by atoms with Crippen LogP contribution in [0.3, 0.4) is 0 Å². The summed E-state index contributed by atoms with van der Waals surface area (Å²) < 4.78 is 29.5. The van der Waals surface area contributed by atoms with Crippen LogP contribution in [0.15, 0.2) is 36.5 Å². The third kappa shape index (κ3) is 3.83. The van der Waals surface area contributed by atoms with E-state index in [1.807, 2.05) is 24.3 Å². The molecule has 2 heterocycles. The van der Waals surface area contributed by atoms with E-state index in [1.165, 1.54) is 5.56 Å². The molecule has 1 aliphatic heterocycles. The van der Waals surface area contributed by atoms with Crippen molar-refractivity contribution in [2.75, 3.05) is 34.5 Å². The van der Waals surface area contributed by atoms with Crippen molar-refractivity contribution in [1.82, 2.24) is 0 Å². The van der Waals surface area contributed by atoms with Crippen molar-refractivity contribution < 1.29 is 33.0 Å². The van der Waals surface area contributed by atoms with Crippen LogP contribution >= 0.6 is 0 Å². The molecule has 1 aromatic heterocycles. The molecule has 0 unspecified atom stereocenters. The summed E-state index contributed by atoms with van der Waals surface area (Å²) in [6.45, 7) is 2.73. The summed E-state index contributed by atoms with van der Waals surface area (Å²) in [4.78, 5) is 11.7. The zero-order valence-corrected chi connectivity index (χ0v) is 18.2. The first-order chi connectivity index (χ1) is 15.1. The number of ether oxygens (including phenoxy) is 5. The molecule has 0 saturated heterocycles. The van der Waals surface area contributed by atoms with Gasteiger partial charge in [-0.05, 0) is 42.1 Å². The van der Waals surface area contributed by atoms with Crippen LogP contribution in [0, 0.1) is 0 Å². The van der Waals surface area contributed by atoms with E-state index in [-0.39, 0.29) is 6.61 Å². The van der Waals surface area contributed by atoms with Crippen molar-refractivity contribution in [3.8, 4) is 34.3 Å². The Labute approximate surface area is 181 Å². The number of hydrogen-bond donors (Lipinski definition) is 0. The van der Waals surface area contributed by atoms with Crippen LogP contribution in [0.5, 0.6) is 23.0 Å². The molecule has 0 amide bonds. The standard InChI is InChI=1S/C24H26NO6/c1-5-30-23(26)14-31-22-12-17-16(11-21(22)28-3)8-9-25-13-18-15(10-19(17)25)6-7-20(27-2)24(18)29-4/h6-7,10-13H,5,8-9,14H2,1-4H3/q+1. The Bertz CT molecular complexity index is 1140. The van der Waals surface area contributed by atoms with Crippen LogP contribution in [0.4, 0.5) is 0 Å². The fourth-order valence-corrected chi connectivity index (χ4v) is 4.00. The fourth-order valence-electron chi connectivity index (χ4n) is 4.00. The van der Waals surface area contributed by atoms with Gasteiger partial charge in [-0.2, -0.15) is 4.57 Å². The number of nitrogens with zero attached hydrogens (tertiary/aromatic N) is 1. The van der Waals surface area contributed by atoms with E-state index in [4.69, 9.17) is 23.7 Å². The van der Waals surface area contributed by atoms with Gasteiger partial charge in [0.25, 0.3) is 0 Å². The number of carbonyl (C=O) groups excluding carboxylic acids is 1. The highest BCUT2D eigenvalue weighted by Crippen LogP contribution is 2.40. The first kappa shape index (κ1) is 20.8. The largest absolute Gasteiger partial charge is 0.493 e. The van der Waals surface area contributed by atoms with Gasteiger partial charge in [0.1, 0.15) is 0 Å². The molecular weight excluding hydrogens is 398 g/mol. The van der Waals surface area contributed by atoms with Crippen LogP contribution in [0.1, 0.15) is 12.5 Å². The summed E-state index contributed by atoms with van der Waals surface area (Å²) in [5, 5.41) is 2.03. The lowest BCUT2D eigenvalue weighted by Gasteiger charge is -2.19. The molecular formula is C24H26NO6+. The molecule has 0 spiro atoms. The van der Waals surface area contributed by atoms with Gasteiger partial charge in [0.2, 0.25) is 5.69 Å². The molecule has 0 fully saturated rings. The Hall–Kier alpha value is -3.48. The molecule has 0 atom stereocenters. The van der Waals surface area contributed by atoms with Crippen molar-refractivity contribution in [1.29, 1.82) is 0 Å². The first-order valence-corrected chi connectivity index (χ1v) is 10.2. The van der Waals surface area contributed by atoms with Gasteiger partial charge < -0.3 is 23.7 Å². The maximum absolute atomic E-state index is 11.7. The monoisotopic (exact) mass is 424 g/mol. The average molecular weight is 424 g/mol. The van der Waals surface area contributed by atoms with E-state index < -0.39 is 5.97 Å². The number of methoxy groups -OCH3 is 3. The Morgan fingerprint density at radius 3 is 2.52 bits per heavy atom. The van der Waals surface area contributed by atoms with Crippen LogP contribution in [0.2, 0.25) is 0 Å². The van der Waals surface area contributed by atoms with Crippen LogP contribution in [-0.4, -0.2) is 40.5 Å². The molecule has 31 heavy (non-hydrogen) atoms. The number of fused-ring (bicyclic) bond motifs is 4. The third-order valence-corrected chi connectivity index (χ3v) is 5.44. The van der Waals surface area contributed by atoms with E-state index in [9.17, 15) is 4.79 Å². The molecule has 0 aliphatic carbocycles. The lowest BCUT2D eigenvalue weighted by molar-refractivity contribution is -0.686. The van der Waals surface area contributed by atoms with E-state index in [1.54, 1.807) is 28.3 Å². The second-order valence-corrected chi connectivity index (χ2v) is 7.16. The Kier molecular flexibility index (Phi) is 5.84. The highest BCUT2D eigenvalue weighted by Gasteiger charge is 2.27. The maximum Gasteiger partial charge on any atom is 0.344 e. The van der Waals surface area contributed by atoms with E-state index in [0.29, 0.717) is 29.6 Å². The predicted octanol–water partition coefficient (Wildman–Crippen LogP) is 3.32. The molecule has 0 N–H and O–H groups in total. The van der Waals surface area contributed by atoms with Crippen molar-refractivity contribution in [3.05, 3.63) is 42.1 Å². The molecule has 2 aromatic carbocycles. The summed E-state index contributed by atoms with van der Waals surface area (Å²) in [7, 11) is 4.88. The van der Waals surface area contributed by atoms with Crippen molar-refractivity contribution in [2.45, 2.75) is 19.9 Å². The second-order valence-electron chi connectivity index (χ2n) is 7.16. The number of esters is 1. The van der Waals surface area contributed by atoms with E-state index >= 15 is 0 Å². The number of rotatable bonds is 7. The zero-order valence-electron chi connectivity index (χ0n) is 18.2. The molecule has 1 aliphatic rings. The van der Waals surface area contributed by atoms with Gasteiger partial charge in [0, 0.05) is 12.5 Å². The lowest BCUT2D eigenvalue weighted by atomic mass is 9.95. The van der Waals surface area contributed by atoms with Gasteiger partial charge in [0.05, 0.1) is 38.9 Å². The van der Waals surface area contributed by atoms with E-state index in [2.05, 4.69) is 16.8 Å². The van der Waals surface area contributed by atoms with Gasteiger partial charge in [-0.1, -0.05) is 0 Å². The number of benzene rings is 2. The zero-order chi connectivity index (χ0) is 22.0. The van der Waals surface area contributed by atoms with Crippen LogP contribution in [0.25, 0.3) is 22.0 Å². The van der Waals surface area contributed by atoms with Gasteiger partial charge in [-0.15, -0.1) is 0 Å². The lowest BCUT2D eigenvalue weighted by Crippen LogP contribution is -2.40. The van der Waals surface area contributed by atoms with Crippen molar-refractivity contribution in [2.24, 2.45) is 0 Å². The number of pyridine rings is 1. The molecule has 0 saturated carbocycles. The Morgan fingerprint density at radius 1 is 1.00 bits per heavy atom. The maximum atomic E-state index is 11.7.